The van der Waals surface area contributed by atoms with Gasteiger partial charge in [-0.2, -0.15) is 5.26 Å². The summed E-state index contributed by atoms with van der Waals surface area (Å²) in [6, 6.07) is 10.3. The monoisotopic (exact) mass is 394 g/mol. The van der Waals surface area contributed by atoms with Crippen molar-refractivity contribution in [1.82, 2.24) is 4.57 Å². The number of hydrogen-bond donors (Lipinski definition) is 0. The Bertz CT molecular complexity index is 960. The van der Waals surface area contributed by atoms with E-state index in [1.807, 2.05) is 26.0 Å². The fourth-order valence-electron chi connectivity index (χ4n) is 2.98. The molecule has 1 aromatic heterocycles. The van der Waals surface area contributed by atoms with Crippen molar-refractivity contribution in [3.63, 3.8) is 0 Å². The summed E-state index contributed by atoms with van der Waals surface area (Å²) in [7, 11) is 1.54. The number of Topliss-reactive ketones (excluding diaryl/α,β-unsaturated/α-hetero) is 1. The molecule has 0 fully saturated rings. The number of methoxy groups -OCH3 is 1. The Morgan fingerprint density at radius 2 is 1.86 bits per heavy atom. The van der Waals surface area contributed by atoms with Crippen LogP contribution in [-0.4, -0.2) is 30.0 Å². The highest BCUT2D eigenvalue weighted by Crippen LogP contribution is 2.20. The van der Waals surface area contributed by atoms with Crippen molar-refractivity contribution in [2.45, 2.75) is 34.2 Å². The lowest BCUT2D eigenvalue weighted by Gasteiger charge is -2.12. The number of esters is 1. The summed E-state index contributed by atoms with van der Waals surface area (Å²) in [4.78, 5) is 24.5. The molecule has 0 saturated carbocycles. The Morgan fingerprint density at radius 1 is 1.21 bits per heavy atom. The largest absolute Gasteiger partial charge is 0.497 e. The minimum Gasteiger partial charge on any atom is -0.497 e. The van der Waals surface area contributed by atoms with Gasteiger partial charge in [0.25, 0.3) is 0 Å². The zero-order valence-electron chi connectivity index (χ0n) is 17.5. The van der Waals surface area contributed by atoms with E-state index in [4.69, 9.17) is 9.47 Å². The predicted molar refractivity (Wildman–Crippen MR) is 111 cm³/mol. The van der Waals surface area contributed by atoms with Gasteiger partial charge in [-0.3, -0.25) is 4.79 Å². The van der Waals surface area contributed by atoms with Gasteiger partial charge in [0.05, 0.1) is 7.11 Å². The molecule has 1 heterocycles. The first-order valence-corrected chi connectivity index (χ1v) is 9.39. The van der Waals surface area contributed by atoms with Crippen LogP contribution in [0.25, 0.3) is 6.08 Å². The normalized spacial score (nSPS) is 11.3. The molecule has 0 radical (unpaired) electrons. The van der Waals surface area contributed by atoms with Gasteiger partial charge in [-0.25, -0.2) is 4.79 Å². The summed E-state index contributed by atoms with van der Waals surface area (Å²) in [6.45, 7) is 8.63. The molecule has 0 bridgehead atoms. The molecule has 0 saturated heterocycles. The maximum atomic E-state index is 12.3. The Hall–Kier alpha value is -3.33. The second-order valence-electron chi connectivity index (χ2n) is 7.23. The molecule has 2 rings (SSSR count). The summed E-state index contributed by atoms with van der Waals surface area (Å²) in [5.41, 5.74) is 3.09. The number of rotatable bonds is 8. The van der Waals surface area contributed by atoms with E-state index in [9.17, 15) is 14.9 Å². The molecular weight excluding hydrogens is 368 g/mol. The summed E-state index contributed by atoms with van der Waals surface area (Å²) in [5, 5.41) is 9.39. The van der Waals surface area contributed by atoms with Crippen LogP contribution in [0.15, 0.2) is 35.9 Å². The average molecular weight is 394 g/mol. The van der Waals surface area contributed by atoms with E-state index in [1.54, 1.807) is 24.3 Å². The standard InChI is InChI=1S/C23H26N2O4/c1-15(2)13-25-16(3)10-19(17(25)4)11-20(12-24)23(27)29-14-22(26)18-6-8-21(28-5)9-7-18/h6-11,15H,13-14H2,1-5H3/b20-11+. The van der Waals surface area contributed by atoms with Gasteiger partial charge in [-0.1, -0.05) is 13.8 Å². The molecular formula is C23H26N2O4. The zero-order valence-corrected chi connectivity index (χ0v) is 17.5. The number of benzene rings is 1. The minimum absolute atomic E-state index is 0.141. The van der Waals surface area contributed by atoms with E-state index in [0.29, 0.717) is 17.2 Å². The molecule has 0 N–H and O–H groups in total. The number of carbonyl (C=O) groups is 2. The molecule has 6 nitrogen and oxygen atoms in total. The minimum atomic E-state index is -0.817. The van der Waals surface area contributed by atoms with Crippen LogP contribution in [-0.2, 0) is 16.1 Å². The van der Waals surface area contributed by atoms with Crippen molar-refractivity contribution in [1.29, 1.82) is 5.26 Å². The number of aryl methyl sites for hydroxylation is 1. The number of ether oxygens (including phenoxy) is 2. The zero-order chi connectivity index (χ0) is 21.6. The third-order valence-electron chi connectivity index (χ3n) is 4.55. The SMILES string of the molecule is COc1ccc(C(=O)COC(=O)/C(C#N)=C/c2cc(C)n(CC(C)C)c2C)cc1. The summed E-state index contributed by atoms with van der Waals surface area (Å²) in [6.07, 6.45) is 1.51. The Kier molecular flexibility index (Phi) is 7.38. The highest BCUT2D eigenvalue weighted by Gasteiger charge is 2.16. The third-order valence-corrected chi connectivity index (χ3v) is 4.55. The van der Waals surface area contributed by atoms with Crippen molar-refractivity contribution < 1.29 is 19.1 Å². The van der Waals surface area contributed by atoms with Crippen molar-refractivity contribution in [3.05, 3.63) is 58.4 Å². The van der Waals surface area contributed by atoms with Crippen LogP contribution in [0.5, 0.6) is 5.75 Å². The quantitative estimate of drug-likeness (QED) is 0.291. The Morgan fingerprint density at radius 3 is 2.41 bits per heavy atom. The third kappa shape index (κ3) is 5.58. The molecule has 29 heavy (non-hydrogen) atoms. The lowest BCUT2D eigenvalue weighted by Crippen LogP contribution is -2.15. The van der Waals surface area contributed by atoms with Crippen LogP contribution in [0.2, 0.25) is 0 Å². The number of nitrogens with zero attached hydrogens (tertiary/aromatic N) is 2. The van der Waals surface area contributed by atoms with E-state index < -0.39 is 12.6 Å². The van der Waals surface area contributed by atoms with Crippen LogP contribution in [0, 0.1) is 31.1 Å². The maximum Gasteiger partial charge on any atom is 0.349 e. The molecule has 1 aromatic carbocycles. The molecule has 0 unspecified atom stereocenters. The summed E-state index contributed by atoms with van der Waals surface area (Å²) >= 11 is 0. The lowest BCUT2D eigenvalue weighted by molar-refractivity contribution is -0.137. The van der Waals surface area contributed by atoms with Gasteiger partial charge in [-0.05, 0) is 61.7 Å². The topological polar surface area (TPSA) is 81.3 Å². The average Bonchev–Trinajstić information content (AvgIpc) is 2.96. The molecule has 0 aliphatic heterocycles. The van der Waals surface area contributed by atoms with Crippen molar-refractivity contribution in [3.8, 4) is 11.8 Å². The van der Waals surface area contributed by atoms with Crippen LogP contribution in [0.3, 0.4) is 0 Å². The molecule has 0 aliphatic carbocycles. The van der Waals surface area contributed by atoms with E-state index in [0.717, 1.165) is 23.5 Å². The number of hydrogen-bond acceptors (Lipinski definition) is 5. The van der Waals surface area contributed by atoms with Gasteiger partial charge >= 0.3 is 5.97 Å². The maximum absolute atomic E-state index is 12.3. The van der Waals surface area contributed by atoms with E-state index >= 15 is 0 Å². The fraction of sp³-hybridized carbons (Fsp3) is 0.348. The van der Waals surface area contributed by atoms with Crippen molar-refractivity contribution >= 4 is 17.8 Å². The van der Waals surface area contributed by atoms with Crippen LogP contribution >= 0.6 is 0 Å². The van der Waals surface area contributed by atoms with Crippen LogP contribution in [0.4, 0.5) is 0 Å². The van der Waals surface area contributed by atoms with Gasteiger partial charge < -0.3 is 14.0 Å². The van der Waals surface area contributed by atoms with Gasteiger partial charge in [-0.15, -0.1) is 0 Å². The molecule has 6 heteroatoms. The Balaban J connectivity index is 2.10. The van der Waals surface area contributed by atoms with E-state index in [2.05, 4.69) is 18.4 Å². The van der Waals surface area contributed by atoms with Crippen molar-refractivity contribution in [2.75, 3.05) is 13.7 Å². The molecule has 0 atom stereocenters. The second kappa shape index (κ2) is 9.74. The highest BCUT2D eigenvalue weighted by atomic mass is 16.5. The first-order chi connectivity index (χ1) is 13.8. The molecule has 0 spiro atoms. The van der Waals surface area contributed by atoms with Gasteiger partial charge in [0.1, 0.15) is 17.4 Å². The number of ketones is 1. The molecule has 152 valence electrons. The van der Waals surface area contributed by atoms with Crippen LogP contribution in [0.1, 0.15) is 41.2 Å². The number of carbonyl (C=O) groups excluding carboxylic acids is 2. The summed E-state index contributed by atoms with van der Waals surface area (Å²) < 4.78 is 12.3. The first kappa shape index (κ1) is 22.0. The second-order valence-corrected chi connectivity index (χ2v) is 7.23. The van der Waals surface area contributed by atoms with E-state index in [-0.39, 0.29) is 11.4 Å². The van der Waals surface area contributed by atoms with Crippen LogP contribution < -0.4 is 4.74 Å². The smallest absolute Gasteiger partial charge is 0.349 e. The summed E-state index contributed by atoms with van der Waals surface area (Å²) in [5.74, 6) is -0.0688. The number of aromatic nitrogens is 1. The molecule has 0 amide bonds. The lowest BCUT2D eigenvalue weighted by atomic mass is 10.1. The molecule has 0 aliphatic rings. The van der Waals surface area contributed by atoms with Gasteiger partial charge in [0.15, 0.2) is 12.4 Å². The predicted octanol–water partition coefficient (Wildman–Crippen LogP) is 4.10. The fourth-order valence-corrected chi connectivity index (χ4v) is 2.98. The number of nitriles is 1. The van der Waals surface area contributed by atoms with Gasteiger partial charge in [0.2, 0.25) is 0 Å². The van der Waals surface area contributed by atoms with Crippen molar-refractivity contribution in [2.24, 2.45) is 5.92 Å². The van der Waals surface area contributed by atoms with Gasteiger partial charge in [0, 0.05) is 23.5 Å². The first-order valence-electron chi connectivity index (χ1n) is 9.39. The van der Waals surface area contributed by atoms with E-state index in [1.165, 1.54) is 13.2 Å². The molecule has 2 aromatic rings. The highest BCUT2D eigenvalue weighted by molar-refractivity contribution is 6.02. The Labute approximate surface area is 171 Å².